The Morgan fingerprint density at radius 1 is 1.03 bits per heavy atom. The highest BCUT2D eigenvalue weighted by Gasteiger charge is 2.48. The van der Waals surface area contributed by atoms with Crippen molar-refractivity contribution in [1.82, 2.24) is 9.80 Å². The molecule has 30 heavy (non-hydrogen) atoms. The molecule has 1 amide bonds. The number of carbonyl (C=O) groups is 1. The Bertz CT molecular complexity index is 916. The van der Waals surface area contributed by atoms with Crippen LogP contribution in [0.15, 0.2) is 42.5 Å². The summed E-state index contributed by atoms with van der Waals surface area (Å²) in [4.78, 5) is 17.9. The minimum absolute atomic E-state index is 0.247. The number of rotatable bonds is 6. The van der Waals surface area contributed by atoms with Crippen molar-refractivity contribution in [2.45, 2.75) is 32.4 Å². The van der Waals surface area contributed by atoms with Crippen LogP contribution in [0.1, 0.15) is 30.4 Å². The summed E-state index contributed by atoms with van der Waals surface area (Å²) in [5.74, 6) is 1.92. The normalized spacial score (nSPS) is 21.9. The fourth-order valence-electron chi connectivity index (χ4n) is 4.97. The molecule has 1 N–H and O–H groups in total. The summed E-state index contributed by atoms with van der Waals surface area (Å²) in [6, 6.07) is 13.2. The number of para-hydroxylation sites is 1. The van der Waals surface area contributed by atoms with Gasteiger partial charge in [0.1, 0.15) is 5.75 Å². The van der Waals surface area contributed by atoms with E-state index in [2.05, 4.69) is 4.90 Å². The fourth-order valence-corrected chi connectivity index (χ4v) is 4.97. The van der Waals surface area contributed by atoms with Gasteiger partial charge in [-0.15, -0.1) is 0 Å². The topological polar surface area (TPSA) is 62.2 Å². The van der Waals surface area contributed by atoms with Gasteiger partial charge >= 0.3 is 0 Å². The molecule has 2 heterocycles. The molecule has 2 fully saturated rings. The highest BCUT2D eigenvalue weighted by atomic mass is 16.5. The van der Waals surface area contributed by atoms with Crippen molar-refractivity contribution >= 4 is 5.91 Å². The van der Waals surface area contributed by atoms with E-state index in [1.54, 1.807) is 26.4 Å². The third kappa shape index (κ3) is 3.97. The first-order valence-electron chi connectivity index (χ1n) is 10.5. The summed E-state index contributed by atoms with van der Waals surface area (Å²) in [6.45, 7) is 3.74. The van der Waals surface area contributed by atoms with Crippen LogP contribution in [0.5, 0.6) is 17.2 Å². The SMILES string of the molecule is COc1cccc(CN2CCC[C@]3(CCN(Cc4cccc(O)c4)C3)C2=O)c1OC. The van der Waals surface area contributed by atoms with Gasteiger partial charge in [0.15, 0.2) is 11.5 Å². The summed E-state index contributed by atoms with van der Waals surface area (Å²) in [7, 11) is 3.26. The van der Waals surface area contributed by atoms with Gasteiger partial charge < -0.3 is 19.5 Å². The van der Waals surface area contributed by atoms with Crippen LogP contribution in [-0.4, -0.2) is 54.7 Å². The molecule has 2 aromatic rings. The predicted octanol–water partition coefficient (Wildman–Crippen LogP) is 3.42. The van der Waals surface area contributed by atoms with E-state index in [4.69, 9.17) is 9.47 Å². The first-order valence-corrected chi connectivity index (χ1v) is 10.5. The number of likely N-dealkylation sites (tertiary alicyclic amines) is 2. The summed E-state index contributed by atoms with van der Waals surface area (Å²) >= 11 is 0. The molecule has 0 saturated carbocycles. The van der Waals surface area contributed by atoms with E-state index >= 15 is 0 Å². The van der Waals surface area contributed by atoms with Gasteiger partial charge in [-0.25, -0.2) is 0 Å². The lowest BCUT2D eigenvalue weighted by atomic mass is 9.78. The van der Waals surface area contributed by atoms with E-state index in [9.17, 15) is 9.90 Å². The molecule has 160 valence electrons. The Labute approximate surface area is 178 Å². The standard InChI is InChI=1S/C24H30N2O4/c1-29-21-9-4-7-19(22(21)30-2)16-26-12-5-10-24(23(26)28)11-13-25(17-24)15-18-6-3-8-20(27)14-18/h3-4,6-9,14,27H,5,10-13,15-17H2,1-2H3/t24-/m1/s1. The van der Waals surface area contributed by atoms with Crippen LogP contribution >= 0.6 is 0 Å². The number of hydrogen-bond acceptors (Lipinski definition) is 5. The molecule has 1 spiro atoms. The van der Waals surface area contributed by atoms with Gasteiger partial charge in [0, 0.05) is 31.7 Å². The molecule has 0 aromatic heterocycles. The lowest BCUT2D eigenvalue weighted by Crippen LogP contribution is -2.49. The second kappa shape index (κ2) is 8.56. The number of hydrogen-bond donors (Lipinski definition) is 1. The van der Waals surface area contributed by atoms with Gasteiger partial charge in [-0.3, -0.25) is 9.69 Å². The monoisotopic (exact) mass is 410 g/mol. The molecule has 6 nitrogen and oxygen atoms in total. The van der Waals surface area contributed by atoms with Crippen LogP contribution < -0.4 is 9.47 Å². The number of nitrogens with zero attached hydrogens (tertiary/aromatic N) is 2. The first-order chi connectivity index (χ1) is 14.5. The van der Waals surface area contributed by atoms with Crippen molar-refractivity contribution in [3.05, 3.63) is 53.6 Å². The van der Waals surface area contributed by atoms with Crippen LogP contribution in [0.25, 0.3) is 0 Å². The number of phenols is 1. The van der Waals surface area contributed by atoms with Crippen molar-refractivity contribution in [3.63, 3.8) is 0 Å². The number of benzene rings is 2. The quantitative estimate of drug-likeness (QED) is 0.791. The molecule has 2 aliphatic rings. The first kappa shape index (κ1) is 20.5. The van der Waals surface area contributed by atoms with Gasteiger partial charge in [0.25, 0.3) is 0 Å². The van der Waals surface area contributed by atoms with Crippen LogP contribution in [0.4, 0.5) is 0 Å². The van der Waals surface area contributed by atoms with E-state index in [1.165, 1.54) is 0 Å². The summed E-state index contributed by atoms with van der Waals surface area (Å²) in [6.07, 6.45) is 2.84. The lowest BCUT2D eigenvalue weighted by Gasteiger charge is -2.39. The molecule has 2 saturated heterocycles. The van der Waals surface area contributed by atoms with Crippen LogP contribution in [-0.2, 0) is 17.9 Å². The van der Waals surface area contributed by atoms with Gasteiger partial charge in [-0.05, 0) is 49.6 Å². The van der Waals surface area contributed by atoms with Crippen molar-refractivity contribution in [2.75, 3.05) is 33.9 Å². The molecular weight excluding hydrogens is 380 g/mol. The zero-order chi connectivity index (χ0) is 21.1. The van der Waals surface area contributed by atoms with E-state index in [0.717, 1.165) is 56.6 Å². The summed E-state index contributed by atoms with van der Waals surface area (Å²) in [5.41, 5.74) is 1.74. The second-order valence-corrected chi connectivity index (χ2v) is 8.39. The Hall–Kier alpha value is -2.73. The maximum atomic E-state index is 13.5. The predicted molar refractivity (Wildman–Crippen MR) is 115 cm³/mol. The van der Waals surface area contributed by atoms with E-state index in [1.807, 2.05) is 35.2 Å². The molecular formula is C24H30N2O4. The fraction of sp³-hybridized carbons (Fsp3) is 0.458. The van der Waals surface area contributed by atoms with Crippen molar-refractivity contribution in [2.24, 2.45) is 5.41 Å². The number of carbonyl (C=O) groups excluding carboxylic acids is 1. The Morgan fingerprint density at radius 2 is 1.87 bits per heavy atom. The average molecular weight is 411 g/mol. The largest absolute Gasteiger partial charge is 0.508 e. The summed E-state index contributed by atoms with van der Waals surface area (Å²) < 4.78 is 11.0. The van der Waals surface area contributed by atoms with Crippen molar-refractivity contribution < 1.29 is 19.4 Å². The Balaban J connectivity index is 1.47. The molecule has 1 atom stereocenters. The van der Waals surface area contributed by atoms with E-state index < -0.39 is 0 Å². The molecule has 0 bridgehead atoms. The minimum atomic E-state index is -0.304. The van der Waals surface area contributed by atoms with Crippen LogP contribution in [0, 0.1) is 5.41 Å². The van der Waals surface area contributed by atoms with Gasteiger partial charge in [0.05, 0.1) is 19.6 Å². The van der Waals surface area contributed by atoms with Gasteiger partial charge in [0.2, 0.25) is 5.91 Å². The molecule has 2 aromatic carbocycles. The van der Waals surface area contributed by atoms with Crippen molar-refractivity contribution in [1.29, 1.82) is 0 Å². The summed E-state index contributed by atoms with van der Waals surface area (Å²) in [5, 5.41) is 9.73. The van der Waals surface area contributed by atoms with Gasteiger partial charge in [-0.1, -0.05) is 24.3 Å². The number of methoxy groups -OCH3 is 2. The maximum absolute atomic E-state index is 13.5. The van der Waals surface area contributed by atoms with Crippen LogP contribution in [0.2, 0.25) is 0 Å². The molecule has 0 radical (unpaired) electrons. The second-order valence-electron chi connectivity index (χ2n) is 8.39. The maximum Gasteiger partial charge on any atom is 0.230 e. The lowest BCUT2D eigenvalue weighted by molar-refractivity contribution is -0.146. The Kier molecular flexibility index (Phi) is 5.86. The zero-order valence-corrected chi connectivity index (χ0v) is 17.8. The number of aromatic hydroxyl groups is 1. The third-order valence-electron chi connectivity index (χ3n) is 6.42. The van der Waals surface area contributed by atoms with E-state index in [-0.39, 0.29) is 17.1 Å². The smallest absolute Gasteiger partial charge is 0.230 e. The number of phenolic OH excluding ortho intramolecular Hbond substituents is 1. The average Bonchev–Trinajstić information content (AvgIpc) is 3.14. The molecule has 0 unspecified atom stereocenters. The third-order valence-corrected chi connectivity index (χ3v) is 6.42. The van der Waals surface area contributed by atoms with Crippen molar-refractivity contribution in [3.8, 4) is 17.2 Å². The number of piperidine rings is 1. The molecule has 2 aliphatic heterocycles. The number of amides is 1. The van der Waals surface area contributed by atoms with Gasteiger partial charge in [-0.2, -0.15) is 0 Å². The highest BCUT2D eigenvalue weighted by molar-refractivity contribution is 5.84. The molecule has 6 heteroatoms. The molecule has 4 rings (SSSR count). The van der Waals surface area contributed by atoms with E-state index in [0.29, 0.717) is 18.0 Å². The minimum Gasteiger partial charge on any atom is -0.508 e. The number of ether oxygens (including phenoxy) is 2. The zero-order valence-electron chi connectivity index (χ0n) is 17.8. The van der Waals surface area contributed by atoms with Crippen LogP contribution in [0.3, 0.4) is 0 Å². The Morgan fingerprint density at radius 3 is 2.63 bits per heavy atom. The molecule has 0 aliphatic carbocycles. The highest BCUT2D eigenvalue weighted by Crippen LogP contribution is 2.42.